The van der Waals surface area contributed by atoms with Crippen LogP contribution in [0, 0.1) is 15.9 Å². The molecule has 0 aliphatic carbocycles. The lowest BCUT2D eigenvalue weighted by atomic mass is 10.2. The summed E-state index contributed by atoms with van der Waals surface area (Å²) in [5.74, 6) is -0.596. The van der Waals surface area contributed by atoms with Crippen LogP contribution in [-0.2, 0) is 0 Å². The average molecular weight is 305 g/mol. The average Bonchev–Trinajstić information content (AvgIpc) is 2.75. The predicted molar refractivity (Wildman–Crippen MR) is 62.7 cm³/mol. The molecule has 1 aromatic rings. The first-order chi connectivity index (χ1) is 8.08. The van der Waals surface area contributed by atoms with Gasteiger partial charge in [-0.25, -0.2) is 4.39 Å². The van der Waals surface area contributed by atoms with Crippen LogP contribution >= 0.6 is 15.9 Å². The third-order valence-corrected chi connectivity index (χ3v) is 3.11. The summed E-state index contributed by atoms with van der Waals surface area (Å²) < 4.78 is 18.8. The zero-order valence-electron chi connectivity index (χ0n) is 8.78. The second kappa shape index (κ2) is 4.97. The van der Waals surface area contributed by atoms with Crippen LogP contribution in [0.1, 0.15) is 6.42 Å². The highest BCUT2D eigenvalue weighted by molar-refractivity contribution is 9.10. The highest BCUT2D eigenvalue weighted by atomic mass is 79.9. The van der Waals surface area contributed by atoms with Crippen LogP contribution in [0.3, 0.4) is 0 Å². The van der Waals surface area contributed by atoms with Gasteiger partial charge in [0.25, 0.3) is 0 Å². The predicted octanol–water partition coefficient (Wildman–Crippen LogP) is 2.24. The molecule has 1 aromatic carbocycles. The highest BCUT2D eigenvalue weighted by Crippen LogP contribution is 2.33. The lowest BCUT2D eigenvalue weighted by Crippen LogP contribution is -2.20. The Morgan fingerprint density at radius 2 is 2.35 bits per heavy atom. The van der Waals surface area contributed by atoms with Crippen molar-refractivity contribution in [1.82, 2.24) is 5.32 Å². The van der Waals surface area contributed by atoms with Crippen molar-refractivity contribution in [3.8, 4) is 5.75 Å². The summed E-state index contributed by atoms with van der Waals surface area (Å²) in [6.07, 6.45) is 0.615. The summed E-state index contributed by atoms with van der Waals surface area (Å²) in [5.41, 5.74) is -0.231. The number of nitro groups is 1. The van der Waals surface area contributed by atoms with E-state index in [1.54, 1.807) is 0 Å². The minimum atomic E-state index is -0.581. The van der Waals surface area contributed by atoms with Crippen LogP contribution in [0.15, 0.2) is 16.6 Å². The molecule has 1 aliphatic rings. The normalized spacial score (nSPS) is 19.3. The van der Waals surface area contributed by atoms with E-state index >= 15 is 0 Å². The lowest BCUT2D eigenvalue weighted by molar-refractivity contribution is -0.386. The molecule has 0 saturated carbocycles. The molecule has 17 heavy (non-hydrogen) atoms. The van der Waals surface area contributed by atoms with Crippen molar-refractivity contribution >= 4 is 21.6 Å². The van der Waals surface area contributed by atoms with Gasteiger partial charge in [-0.3, -0.25) is 10.1 Å². The summed E-state index contributed by atoms with van der Waals surface area (Å²) in [4.78, 5) is 10.2. The second-order valence-corrected chi connectivity index (χ2v) is 4.58. The molecule has 0 radical (unpaired) electrons. The molecule has 1 saturated heterocycles. The molecule has 0 amide bonds. The van der Waals surface area contributed by atoms with E-state index < -0.39 is 10.7 Å². The number of benzene rings is 1. The van der Waals surface area contributed by atoms with Gasteiger partial charge < -0.3 is 10.1 Å². The minimum Gasteiger partial charge on any atom is -0.482 e. The molecule has 1 unspecified atom stereocenters. The SMILES string of the molecule is O=[N+]([O-])c1cc(Br)c(F)cc1OC1CCNC1. The number of hydrogen-bond acceptors (Lipinski definition) is 4. The largest absolute Gasteiger partial charge is 0.482 e. The number of nitrogens with one attached hydrogen (secondary N) is 1. The first kappa shape index (κ1) is 12.3. The van der Waals surface area contributed by atoms with Gasteiger partial charge in [-0.15, -0.1) is 0 Å². The summed E-state index contributed by atoms with van der Waals surface area (Å²) in [5, 5.41) is 13.9. The summed E-state index contributed by atoms with van der Waals surface area (Å²) >= 11 is 2.91. The van der Waals surface area contributed by atoms with E-state index in [4.69, 9.17) is 4.74 Å². The minimum absolute atomic E-state index is 0.0237. The van der Waals surface area contributed by atoms with E-state index in [1.165, 1.54) is 0 Å². The molecule has 1 heterocycles. The summed E-state index contributed by atoms with van der Waals surface area (Å²) in [6, 6.07) is 2.16. The molecule has 1 N–H and O–H groups in total. The van der Waals surface area contributed by atoms with Crippen molar-refractivity contribution in [1.29, 1.82) is 0 Å². The molecule has 2 rings (SSSR count). The van der Waals surface area contributed by atoms with Crippen LogP contribution in [0.4, 0.5) is 10.1 Å². The molecule has 1 atom stereocenters. The first-order valence-electron chi connectivity index (χ1n) is 5.08. The lowest BCUT2D eigenvalue weighted by Gasteiger charge is -2.12. The standard InChI is InChI=1S/C10H10BrFN2O3/c11-7-3-9(14(15)16)10(4-8(7)12)17-6-1-2-13-5-6/h3-4,6,13H,1-2,5H2. The van der Waals surface area contributed by atoms with Crippen molar-refractivity contribution < 1.29 is 14.1 Å². The summed E-state index contributed by atoms with van der Waals surface area (Å²) in [7, 11) is 0. The molecular weight excluding hydrogens is 295 g/mol. The van der Waals surface area contributed by atoms with E-state index in [2.05, 4.69) is 21.2 Å². The molecule has 0 bridgehead atoms. The van der Waals surface area contributed by atoms with Gasteiger partial charge in [0.05, 0.1) is 9.40 Å². The maximum absolute atomic E-state index is 13.3. The third kappa shape index (κ3) is 2.73. The molecule has 5 nitrogen and oxygen atoms in total. The Balaban J connectivity index is 2.29. The number of halogens is 2. The summed E-state index contributed by atoms with van der Waals surface area (Å²) in [6.45, 7) is 1.42. The zero-order chi connectivity index (χ0) is 12.4. The Hall–Kier alpha value is -1.21. The Morgan fingerprint density at radius 3 is 2.94 bits per heavy atom. The molecule has 0 spiro atoms. The number of hydrogen-bond donors (Lipinski definition) is 1. The fraction of sp³-hybridized carbons (Fsp3) is 0.400. The van der Waals surface area contributed by atoms with Gasteiger partial charge in [-0.2, -0.15) is 0 Å². The van der Waals surface area contributed by atoms with Crippen LogP contribution in [-0.4, -0.2) is 24.1 Å². The quantitative estimate of drug-likeness (QED) is 0.687. The van der Waals surface area contributed by atoms with Crippen molar-refractivity contribution in [3.63, 3.8) is 0 Å². The fourth-order valence-corrected chi connectivity index (χ4v) is 1.99. The van der Waals surface area contributed by atoms with E-state index in [0.29, 0.717) is 6.54 Å². The highest BCUT2D eigenvalue weighted by Gasteiger charge is 2.23. The Morgan fingerprint density at radius 1 is 1.59 bits per heavy atom. The van der Waals surface area contributed by atoms with Gasteiger partial charge in [-0.1, -0.05) is 0 Å². The molecule has 1 fully saturated rings. The topological polar surface area (TPSA) is 64.4 Å². The van der Waals surface area contributed by atoms with Crippen molar-refractivity contribution in [2.75, 3.05) is 13.1 Å². The number of ether oxygens (including phenoxy) is 1. The Bertz CT molecular complexity index is 449. The maximum Gasteiger partial charge on any atom is 0.312 e. The van der Waals surface area contributed by atoms with Crippen molar-refractivity contribution in [2.24, 2.45) is 0 Å². The monoisotopic (exact) mass is 304 g/mol. The number of rotatable bonds is 3. The van der Waals surface area contributed by atoms with Gasteiger partial charge >= 0.3 is 5.69 Å². The maximum atomic E-state index is 13.3. The van der Waals surface area contributed by atoms with Gasteiger partial charge in [0.2, 0.25) is 0 Å². The van der Waals surface area contributed by atoms with Gasteiger partial charge in [0.1, 0.15) is 11.9 Å². The van der Waals surface area contributed by atoms with Crippen LogP contribution in [0.2, 0.25) is 0 Å². The molecule has 7 heteroatoms. The van der Waals surface area contributed by atoms with Crippen LogP contribution in [0.25, 0.3) is 0 Å². The van der Waals surface area contributed by atoms with E-state index in [9.17, 15) is 14.5 Å². The van der Waals surface area contributed by atoms with E-state index in [0.717, 1.165) is 25.1 Å². The van der Waals surface area contributed by atoms with Crippen molar-refractivity contribution in [2.45, 2.75) is 12.5 Å². The van der Waals surface area contributed by atoms with Crippen LogP contribution < -0.4 is 10.1 Å². The molecular formula is C10H10BrFN2O3. The molecule has 0 aromatic heterocycles. The van der Waals surface area contributed by atoms with Gasteiger partial charge in [0, 0.05) is 18.7 Å². The smallest absolute Gasteiger partial charge is 0.312 e. The van der Waals surface area contributed by atoms with Crippen molar-refractivity contribution in [3.05, 3.63) is 32.5 Å². The third-order valence-electron chi connectivity index (χ3n) is 2.51. The van der Waals surface area contributed by atoms with Gasteiger partial charge in [-0.05, 0) is 28.9 Å². The second-order valence-electron chi connectivity index (χ2n) is 3.72. The fourth-order valence-electron chi connectivity index (χ4n) is 1.66. The Kier molecular flexibility index (Phi) is 3.58. The van der Waals surface area contributed by atoms with Crippen LogP contribution in [0.5, 0.6) is 5.75 Å². The first-order valence-corrected chi connectivity index (χ1v) is 5.88. The molecule has 1 aliphatic heterocycles. The van der Waals surface area contributed by atoms with Gasteiger partial charge in [0.15, 0.2) is 5.75 Å². The number of nitrogens with zero attached hydrogens (tertiary/aromatic N) is 1. The van der Waals surface area contributed by atoms with E-state index in [1.807, 2.05) is 0 Å². The Labute approximate surface area is 105 Å². The van der Waals surface area contributed by atoms with E-state index in [-0.39, 0.29) is 22.0 Å². The number of nitro benzene ring substituents is 1. The molecule has 92 valence electrons. The zero-order valence-corrected chi connectivity index (χ0v) is 10.4.